The first-order valence-electron chi connectivity index (χ1n) is 5.95. The molecule has 1 aliphatic heterocycles. The van der Waals surface area contributed by atoms with E-state index in [2.05, 4.69) is 42.6 Å². The molecule has 0 radical (unpaired) electrons. The highest BCUT2D eigenvalue weighted by Crippen LogP contribution is 2.13. The molecule has 2 heteroatoms. The van der Waals surface area contributed by atoms with Crippen molar-refractivity contribution < 1.29 is 4.74 Å². The van der Waals surface area contributed by atoms with Crippen LogP contribution in [-0.2, 0) is 4.74 Å². The van der Waals surface area contributed by atoms with Gasteiger partial charge in [-0.05, 0) is 31.4 Å². The summed E-state index contributed by atoms with van der Waals surface area (Å²) in [6.45, 7) is 3.11. The highest BCUT2D eigenvalue weighted by Gasteiger charge is 2.12. The lowest BCUT2D eigenvalue weighted by Gasteiger charge is -2.22. The van der Waals surface area contributed by atoms with Crippen LogP contribution in [0.3, 0.4) is 0 Å². The van der Waals surface area contributed by atoms with Crippen molar-refractivity contribution in [3.8, 4) is 0 Å². The Morgan fingerprint density at radius 3 is 2.88 bits per heavy atom. The fourth-order valence-corrected chi connectivity index (χ4v) is 1.90. The first-order valence-corrected chi connectivity index (χ1v) is 5.95. The van der Waals surface area contributed by atoms with Crippen molar-refractivity contribution in [2.45, 2.75) is 31.9 Å². The molecule has 2 atom stereocenters. The Bertz CT molecular complexity index is 334. The summed E-state index contributed by atoms with van der Waals surface area (Å²) in [5.41, 5.74) is 1.33. The van der Waals surface area contributed by atoms with E-state index in [9.17, 15) is 0 Å². The van der Waals surface area contributed by atoms with Gasteiger partial charge in [-0.25, -0.2) is 0 Å². The second-order valence-corrected chi connectivity index (χ2v) is 4.25. The number of hydrogen-bond acceptors (Lipinski definition) is 2. The maximum Gasteiger partial charge on any atom is 0.110 e. The van der Waals surface area contributed by atoms with Crippen molar-refractivity contribution >= 4 is 0 Å². The number of allylic oxidation sites excluding steroid dienone is 1. The van der Waals surface area contributed by atoms with E-state index in [1.807, 2.05) is 12.3 Å². The minimum Gasteiger partial charge on any atom is -0.497 e. The SMILES string of the molecule is C[C@H](NC[C@H]1CCC=CO1)c1ccccc1. The van der Waals surface area contributed by atoms with Crippen LogP contribution in [0.4, 0.5) is 0 Å². The molecular weight excluding hydrogens is 198 g/mol. The summed E-state index contributed by atoms with van der Waals surface area (Å²) in [5, 5.41) is 3.51. The van der Waals surface area contributed by atoms with E-state index in [0.717, 1.165) is 19.4 Å². The Labute approximate surface area is 97.3 Å². The molecule has 0 unspecified atom stereocenters. The van der Waals surface area contributed by atoms with Crippen LogP contribution in [0, 0.1) is 0 Å². The molecule has 0 saturated heterocycles. The second-order valence-electron chi connectivity index (χ2n) is 4.25. The maximum absolute atomic E-state index is 5.52. The number of nitrogens with one attached hydrogen (secondary N) is 1. The van der Waals surface area contributed by atoms with Gasteiger partial charge in [-0.3, -0.25) is 0 Å². The van der Waals surface area contributed by atoms with Crippen molar-refractivity contribution in [2.75, 3.05) is 6.54 Å². The zero-order chi connectivity index (χ0) is 11.2. The minimum absolute atomic E-state index is 0.330. The van der Waals surface area contributed by atoms with Crippen molar-refractivity contribution in [3.05, 3.63) is 48.2 Å². The fraction of sp³-hybridized carbons (Fsp3) is 0.429. The summed E-state index contributed by atoms with van der Waals surface area (Å²) in [6.07, 6.45) is 6.48. The third kappa shape index (κ3) is 3.11. The second kappa shape index (κ2) is 5.71. The van der Waals surface area contributed by atoms with E-state index < -0.39 is 0 Å². The zero-order valence-electron chi connectivity index (χ0n) is 9.73. The van der Waals surface area contributed by atoms with Gasteiger partial charge in [0, 0.05) is 12.6 Å². The summed E-state index contributed by atoms with van der Waals surface area (Å²) in [6, 6.07) is 10.9. The monoisotopic (exact) mass is 217 g/mol. The van der Waals surface area contributed by atoms with Crippen molar-refractivity contribution in [2.24, 2.45) is 0 Å². The highest BCUT2D eigenvalue weighted by molar-refractivity contribution is 5.18. The normalized spacial score (nSPS) is 21.4. The third-order valence-corrected chi connectivity index (χ3v) is 2.97. The van der Waals surface area contributed by atoms with Gasteiger partial charge in [-0.1, -0.05) is 30.3 Å². The lowest BCUT2D eigenvalue weighted by molar-refractivity contribution is 0.120. The molecule has 1 aromatic rings. The van der Waals surface area contributed by atoms with Gasteiger partial charge in [-0.2, -0.15) is 0 Å². The molecule has 2 rings (SSSR count). The standard InChI is InChI=1S/C14H19NO/c1-12(13-7-3-2-4-8-13)15-11-14-9-5-6-10-16-14/h2-4,6-8,10,12,14-15H,5,9,11H2,1H3/t12-,14+/m0/s1. The first kappa shape index (κ1) is 11.2. The largest absolute Gasteiger partial charge is 0.497 e. The van der Waals surface area contributed by atoms with Crippen LogP contribution in [0.25, 0.3) is 0 Å². The summed E-state index contributed by atoms with van der Waals surface area (Å²) < 4.78 is 5.52. The minimum atomic E-state index is 0.330. The predicted molar refractivity (Wildman–Crippen MR) is 66.1 cm³/mol. The van der Waals surface area contributed by atoms with E-state index in [1.54, 1.807) is 0 Å². The van der Waals surface area contributed by atoms with Gasteiger partial charge < -0.3 is 10.1 Å². The average Bonchev–Trinajstić information content (AvgIpc) is 2.38. The molecule has 1 N–H and O–H groups in total. The molecule has 0 spiro atoms. The summed E-state index contributed by atoms with van der Waals surface area (Å²) >= 11 is 0. The summed E-state index contributed by atoms with van der Waals surface area (Å²) in [7, 11) is 0. The van der Waals surface area contributed by atoms with Gasteiger partial charge in [0.25, 0.3) is 0 Å². The van der Waals surface area contributed by atoms with Crippen LogP contribution < -0.4 is 5.32 Å². The Hall–Kier alpha value is -1.28. The molecule has 1 aliphatic rings. The van der Waals surface area contributed by atoms with Crippen LogP contribution in [0.1, 0.15) is 31.4 Å². The third-order valence-electron chi connectivity index (χ3n) is 2.97. The van der Waals surface area contributed by atoms with E-state index in [0.29, 0.717) is 12.1 Å². The van der Waals surface area contributed by atoms with Crippen molar-refractivity contribution in [1.29, 1.82) is 0 Å². The lowest BCUT2D eigenvalue weighted by atomic mass is 10.1. The molecule has 16 heavy (non-hydrogen) atoms. The van der Waals surface area contributed by atoms with Gasteiger partial charge >= 0.3 is 0 Å². The molecule has 1 aromatic carbocycles. The average molecular weight is 217 g/mol. The quantitative estimate of drug-likeness (QED) is 0.837. The predicted octanol–water partition coefficient (Wildman–Crippen LogP) is 3.03. The zero-order valence-corrected chi connectivity index (χ0v) is 9.73. The molecule has 0 aromatic heterocycles. The van der Waals surface area contributed by atoms with Gasteiger partial charge in [0.1, 0.15) is 6.10 Å². The number of ether oxygens (including phenoxy) is 1. The topological polar surface area (TPSA) is 21.3 Å². The summed E-state index contributed by atoms with van der Waals surface area (Å²) in [4.78, 5) is 0. The van der Waals surface area contributed by atoms with Gasteiger partial charge in [0.05, 0.1) is 6.26 Å². The number of benzene rings is 1. The molecule has 0 bridgehead atoms. The van der Waals surface area contributed by atoms with Crippen LogP contribution in [0.5, 0.6) is 0 Å². The summed E-state index contributed by atoms with van der Waals surface area (Å²) in [5.74, 6) is 0. The van der Waals surface area contributed by atoms with E-state index in [4.69, 9.17) is 4.74 Å². The van der Waals surface area contributed by atoms with Crippen LogP contribution >= 0.6 is 0 Å². The molecule has 0 fully saturated rings. The Balaban J connectivity index is 1.79. The van der Waals surface area contributed by atoms with E-state index in [-0.39, 0.29) is 0 Å². The molecule has 0 aliphatic carbocycles. The van der Waals surface area contributed by atoms with Gasteiger partial charge in [0.2, 0.25) is 0 Å². The highest BCUT2D eigenvalue weighted by atomic mass is 16.5. The maximum atomic E-state index is 5.52. The molecule has 1 heterocycles. The Morgan fingerprint density at radius 1 is 1.38 bits per heavy atom. The molecule has 86 valence electrons. The van der Waals surface area contributed by atoms with E-state index >= 15 is 0 Å². The van der Waals surface area contributed by atoms with E-state index in [1.165, 1.54) is 5.56 Å². The Kier molecular flexibility index (Phi) is 4.00. The number of rotatable bonds is 4. The Morgan fingerprint density at radius 2 is 2.19 bits per heavy atom. The smallest absolute Gasteiger partial charge is 0.110 e. The lowest BCUT2D eigenvalue weighted by Crippen LogP contribution is -2.30. The molecule has 0 amide bonds. The van der Waals surface area contributed by atoms with Gasteiger partial charge in [-0.15, -0.1) is 0 Å². The van der Waals surface area contributed by atoms with Crippen LogP contribution in [0.2, 0.25) is 0 Å². The fourth-order valence-electron chi connectivity index (χ4n) is 1.90. The van der Waals surface area contributed by atoms with Gasteiger partial charge in [0.15, 0.2) is 0 Å². The number of hydrogen-bond donors (Lipinski definition) is 1. The van der Waals surface area contributed by atoms with Crippen LogP contribution in [-0.4, -0.2) is 12.6 Å². The van der Waals surface area contributed by atoms with Crippen molar-refractivity contribution in [3.63, 3.8) is 0 Å². The molecule has 0 saturated carbocycles. The van der Waals surface area contributed by atoms with Crippen molar-refractivity contribution in [1.82, 2.24) is 5.32 Å². The van der Waals surface area contributed by atoms with Crippen LogP contribution in [0.15, 0.2) is 42.7 Å². The first-order chi connectivity index (χ1) is 7.86. The molecule has 2 nitrogen and oxygen atoms in total. The molecular formula is C14H19NO.